The summed E-state index contributed by atoms with van der Waals surface area (Å²) >= 11 is 0. The maximum atomic E-state index is 10.7. The Labute approximate surface area is 97.4 Å². The third-order valence-electron chi connectivity index (χ3n) is 1.53. The fourth-order valence-corrected chi connectivity index (χ4v) is 2.61. The van der Waals surface area contributed by atoms with Gasteiger partial charge in [0.05, 0.1) is 0 Å². The number of rotatable bonds is 3. The largest absolute Gasteiger partial charge is 0.242 e. The molecule has 0 saturated carbocycles. The fraction of sp³-hybridized carbons (Fsp3) is 0.250. The molecule has 0 amide bonds. The Morgan fingerprint density at radius 1 is 1.46 bits per heavy atom. The van der Waals surface area contributed by atoms with Gasteiger partial charge in [-0.25, -0.2) is 9.35 Å². The van der Waals surface area contributed by atoms with Crippen LogP contribution in [-0.2, 0) is 35.9 Å². The Morgan fingerprint density at radius 2 is 2.08 bits per heavy atom. The average Bonchev–Trinajstić information content (AvgIpc) is 2.04. The normalized spacial score (nSPS) is 11.8. The van der Waals surface area contributed by atoms with Crippen LogP contribution in [-0.4, -0.2) is 4.21 Å². The van der Waals surface area contributed by atoms with E-state index < -0.39 is 10.0 Å². The topological polar surface area (TPSA) is 43.1 Å². The van der Waals surface area contributed by atoms with Crippen molar-refractivity contribution in [1.29, 1.82) is 0 Å². The minimum Gasteiger partial charge on any atom is -0.242 e. The van der Waals surface area contributed by atoms with Gasteiger partial charge in [0.2, 0.25) is 0 Å². The van der Waals surface area contributed by atoms with Gasteiger partial charge in [0, 0.05) is 24.4 Å². The van der Waals surface area contributed by atoms with Crippen molar-refractivity contribution < 1.29 is 23.7 Å². The second-order valence-corrected chi connectivity index (χ2v) is 4.92. The molecule has 0 heterocycles. The summed E-state index contributed by atoms with van der Waals surface area (Å²) in [7, 11) is -0.112. The Morgan fingerprint density at radius 3 is 2.62 bits per heavy atom. The standard InChI is InChI=1S/C8H11NOS2.Zn/c1-2-7-5-3-4-6-8(7)11-12(9)10;/h3-6H,2,9H2,1H3;. The van der Waals surface area contributed by atoms with Crippen molar-refractivity contribution in [3.63, 3.8) is 0 Å². The molecule has 1 rings (SSSR count). The van der Waals surface area contributed by atoms with E-state index in [0.29, 0.717) is 0 Å². The second kappa shape index (κ2) is 6.71. The SMILES string of the molecule is CCc1ccccc1SS(N)=O.[Zn]. The Bertz CT molecular complexity index is 293. The predicted octanol–water partition coefficient (Wildman–Crippen LogP) is 1.88. The van der Waals surface area contributed by atoms with Gasteiger partial charge in [0.1, 0.15) is 0 Å². The molecule has 0 radical (unpaired) electrons. The van der Waals surface area contributed by atoms with E-state index in [1.807, 2.05) is 24.3 Å². The molecular formula is C8H11NOS2Zn. The van der Waals surface area contributed by atoms with Crippen molar-refractivity contribution >= 4 is 20.8 Å². The van der Waals surface area contributed by atoms with E-state index in [-0.39, 0.29) is 19.5 Å². The molecule has 0 fully saturated rings. The Kier molecular flexibility index (Phi) is 6.87. The van der Waals surface area contributed by atoms with Crippen LogP contribution in [0.2, 0.25) is 0 Å². The molecule has 2 N–H and O–H groups in total. The number of nitrogens with two attached hydrogens (primary N) is 1. The van der Waals surface area contributed by atoms with E-state index >= 15 is 0 Å². The Hall–Kier alpha value is 0.303. The van der Waals surface area contributed by atoms with Gasteiger partial charge in [-0.15, -0.1) is 0 Å². The predicted molar refractivity (Wildman–Crippen MR) is 54.0 cm³/mol. The van der Waals surface area contributed by atoms with E-state index in [4.69, 9.17) is 5.14 Å². The summed E-state index contributed by atoms with van der Waals surface area (Å²) in [5, 5.41) is 5.18. The summed E-state index contributed by atoms with van der Waals surface area (Å²) in [5.74, 6) is 0. The molecule has 1 atom stereocenters. The first-order valence-corrected chi connectivity index (χ1v) is 6.21. The van der Waals surface area contributed by atoms with E-state index in [2.05, 4.69) is 6.92 Å². The number of benzene rings is 1. The molecule has 0 aromatic heterocycles. The molecule has 68 valence electrons. The molecule has 0 bridgehead atoms. The molecule has 5 heteroatoms. The fourth-order valence-electron chi connectivity index (χ4n) is 0.966. The van der Waals surface area contributed by atoms with Crippen molar-refractivity contribution in [3.05, 3.63) is 29.8 Å². The van der Waals surface area contributed by atoms with E-state index in [1.165, 1.54) is 16.4 Å². The molecule has 1 unspecified atom stereocenters. The maximum absolute atomic E-state index is 10.7. The minimum atomic E-state index is -1.31. The Balaban J connectivity index is 0.00000144. The van der Waals surface area contributed by atoms with Crippen molar-refractivity contribution in [3.8, 4) is 0 Å². The van der Waals surface area contributed by atoms with Crippen LogP contribution >= 0.6 is 10.8 Å². The number of aryl methyl sites for hydroxylation is 1. The van der Waals surface area contributed by atoms with Gasteiger partial charge in [-0.1, -0.05) is 25.1 Å². The average molecular weight is 267 g/mol. The summed E-state index contributed by atoms with van der Waals surface area (Å²) in [6.45, 7) is 2.07. The third-order valence-corrected chi connectivity index (χ3v) is 3.30. The first-order chi connectivity index (χ1) is 5.74. The first-order valence-electron chi connectivity index (χ1n) is 3.66. The molecule has 0 saturated heterocycles. The quantitative estimate of drug-likeness (QED) is 0.671. The van der Waals surface area contributed by atoms with Gasteiger partial charge >= 0.3 is 0 Å². The molecule has 2 nitrogen and oxygen atoms in total. The molecular weight excluding hydrogens is 256 g/mol. The second-order valence-electron chi connectivity index (χ2n) is 2.31. The smallest absolute Gasteiger partial charge is 0.155 e. The van der Waals surface area contributed by atoms with Gasteiger partial charge in [-0.3, -0.25) is 0 Å². The van der Waals surface area contributed by atoms with Crippen LogP contribution in [0.3, 0.4) is 0 Å². The van der Waals surface area contributed by atoms with Crippen LogP contribution in [0.25, 0.3) is 0 Å². The van der Waals surface area contributed by atoms with E-state index in [1.54, 1.807) is 0 Å². The van der Waals surface area contributed by atoms with Gasteiger partial charge < -0.3 is 0 Å². The summed E-state index contributed by atoms with van der Waals surface area (Å²) in [4.78, 5) is 1.01. The van der Waals surface area contributed by atoms with Crippen molar-refractivity contribution in [2.24, 2.45) is 5.14 Å². The molecule has 13 heavy (non-hydrogen) atoms. The molecule has 0 aliphatic rings. The van der Waals surface area contributed by atoms with Gasteiger partial charge in [-0.2, -0.15) is 0 Å². The number of hydrogen-bond donors (Lipinski definition) is 1. The summed E-state index contributed by atoms with van der Waals surface area (Å²) in [6, 6.07) is 7.86. The first kappa shape index (κ1) is 13.3. The minimum absolute atomic E-state index is 0. The zero-order valence-electron chi connectivity index (χ0n) is 7.53. The van der Waals surface area contributed by atoms with Crippen molar-refractivity contribution in [2.45, 2.75) is 18.2 Å². The van der Waals surface area contributed by atoms with Crippen LogP contribution in [0.5, 0.6) is 0 Å². The zero-order chi connectivity index (χ0) is 8.97. The monoisotopic (exact) mass is 265 g/mol. The van der Waals surface area contributed by atoms with Crippen molar-refractivity contribution in [2.75, 3.05) is 0 Å². The summed E-state index contributed by atoms with van der Waals surface area (Å²) in [5.41, 5.74) is 1.20. The van der Waals surface area contributed by atoms with Crippen molar-refractivity contribution in [1.82, 2.24) is 0 Å². The van der Waals surface area contributed by atoms with Gasteiger partial charge in [0.25, 0.3) is 0 Å². The van der Waals surface area contributed by atoms with Crippen LogP contribution in [0, 0.1) is 0 Å². The van der Waals surface area contributed by atoms with E-state index in [9.17, 15) is 4.21 Å². The molecule has 0 spiro atoms. The van der Waals surface area contributed by atoms with Crippen LogP contribution < -0.4 is 5.14 Å². The number of hydrogen-bond acceptors (Lipinski definition) is 2. The van der Waals surface area contributed by atoms with Crippen LogP contribution in [0.15, 0.2) is 29.2 Å². The zero-order valence-corrected chi connectivity index (χ0v) is 12.1. The molecule has 1 aromatic rings. The molecule has 0 aliphatic heterocycles. The van der Waals surface area contributed by atoms with Crippen LogP contribution in [0.4, 0.5) is 0 Å². The van der Waals surface area contributed by atoms with Gasteiger partial charge in [-0.05, 0) is 28.8 Å². The van der Waals surface area contributed by atoms with Crippen LogP contribution in [0.1, 0.15) is 12.5 Å². The van der Waals surface area contributed by atoms with E-state index in [0.717, 1.165) is 11.3 Å². The molecule has 1 aromatic carbocycles. The summed E-state index contributed by atoms with van der Waals surface area (Å²) in [6.07, 6.45) is 0.945. The summed E-state index contributed by atoms with van der Waals surface area (Å²) < 4.78 is 10.7. The van der Waals surface area contributed by atoms with Gasteiger partial charge in [0.15, 0.2) is 10.0 Å². The molecule has 0 aliphatic carbocycles. The third kappa shape index (κ3) is 4.36. The maximum Gasteiger partial charge on any atom is 0.155 e.